The first kappa shape index (κ1) is 15.7. The SMILES string of the molecule is C=C[CH2-].O=[C-]O.[Y]. The van der Waals surface area contributed by atoms with Crippen molar-refractivity contribution >= 4 is 6.47 Å². The molecular weight excluding hydrogens is 169 g/mol. The summed E-state index contributed by atoms with van der Waals surface area (Å²) in [6.07, 6.45) is 1.50. The largest absolute Gasteiger partial charge is 0.665 e. The normalized spacial score (nSPS) is 3.43. The maximum Gasteiger partial charge on any atom is 0 e. The minimum Gasteiger partial charge on any atom is -0.665 e. The summed E-state index contributed by atoms with van der Waals surface area (Å²) < 4.78 is 0. The van der Waals surface area contributed by atoms with Crippen molar-refractivity contribution in [2.45, 2.75) is 0 Å². The second-order valence-electron chi connectivity index (χ2n) is 0.380. The summed E-state index contributed by atoms with van der Waals surface area (Å²) in [6.45, 7) is 7.00. The summed E-state index contributed by atoms with van der Waals surface area (Å²) in [7, 11) is 0. The molecule has 0 spiro atoms. The standard InChI is InChI=1S/C3H5.CHO2.Y/c1-3-2;2-1-3;/h3H,1-2H2;(H,2,3);/q2*-1;. The van der Waals surface area contributed by atoms with E-state index in [1.54, 1.807) is 0 Å². The van der Waals surface area contributed by atoms with Gasteiger partial charge in [-0.2, -0.15) is 0 Å². The maximum absolute atomic E-state index is 8.24. The van der Waals surface area contributed by atoms with Crippen molar-refractivity contribution in [2.75, 3.05) is 0 Å². The van der Waals surface area contributed by atoms with Crippen molar-refractivity contribution < 1.29 is 42.6 Å². The first-order valence-corrected chi connectivity index (χ1v) is 1.24. The monoisotopic (exact) mass is 175 g/mol. The van der Waals surface area contributed by atoms with Crippen LogP contribution in [0.1, 0.15) is 0 Å². The Morgan fingerprint density at radius 2 is 1.86 bits per heavy atom. The van der Waals surface area contributed by atoms with Gasteiger partial charge in [0.1, 0.15) is 0 Å². The van der Waals surface area contributed by atoms with Gasteiger partial charge in [-0.15, -0.1) is 0 Å². The zero-order valence-corrected chi connectivity index (χ0v) is 6.76. The molecule has 0 bridgehead atoms. The van der Waals surface area contributed by atoms with E-state index in [0.29, 0.717) is 6.47 Å². The fourth-order valence-corrected chi connectivity index (χ4v) is 0. The van der Waals surface area contributed by atoms with E-state index >= 15 is 0 Å². The third-order valence-corrected chi connectivity index (χ3v) is 0. The molecule has 0 aliphatic rings. The topological polar surface area (TPSA) is 37.3 Å². The van der Waals surface area contributed by atoms with Gasteiger partial charge in [0.15, 0.2) is 0 Å². The summed E-state index contributed by atoms with van der Waals surface area (Å²) in [5.41, 5.74) is 0. The molecule has 0 aliphatic heterocycles. The second-order valence-corrected chi connectivity index (χ2v) is 0.380. The predicted molar refractivity (Wildman–Crippen MR) is 23.9 cm³/mol. The smallest absolute Gasteiger partial charge is 0 e. The van der Waals surface area contributed by atoms with E-state index in [-0.39, 0.29) is 32.7 Å². The molecular formula is C4H6O2Y-2. The Bertz CT molecular complexity index is 30.7. The van der Waals surface area contributed by atoms with E-state index in [0.717, 1.165) is 0 Å². The fraction of sp³-hybridized carbons (Fsp3) is 0. The molecule has 0 aliphatic carbocycles. The van der Waals surface area contributed by atoms with Gasteiger partial charge >= 0.3 is 0 Å². The molecule has 2 nitrogen and oxygen atoms in total. The van der Waals surface area contributed by atoms with Crippen LogP contribution in [0.5, 0.6) is 0 Å². The van der Waals surface area contributed by atoms with Crippen molar-refractivity contribution in [3.8, 4) is 0 Å². The molecule has 0 unspecified atom stereocenters. The van der Waals surface area contributed by atoms with Gasteiger partial charge in [-0.3, -0.25) is 0 Å². The number of allylic oxidation sites excluding steroid dienone is 1. The van der Waals surface area contributed by atoms with Gasteiger partial charge in [0.05, 0.1) is 0 Å². The van der Waals surface area contributed by atoms with Crippen molar-refractivity contribution in [3.05, 3.63) is 19.6 Å². The number of aliphatic hydroxyl groups excluding tert-OH is 1. The van der Waals surface area contributed by atoms with Crippen LogP contribution in [0.15, 0.2) is 12.7 Å². The summed E-state index contributed by atoms with van der Waals surface area (Å²) in [5.74, 6) is 0. The van der Waals surface area contributed by atoms with Crippen LogP contribution in [0, 0.1) is 6.92 Å². The van der Waals surface area contributed by atoms with E-state index in [1.807, 2.05) is 0 Å². The molecule has 0 saturated carbocycles. The van der Waals surface area contributed by atoms with Gasteiger partial charge in [-0.1, -0.05) is 6.47 Å². The average Bonchev–Trinajstić information content (AvgIpc) is 1.39. The van der Waals surface area contributed by atoms with Crippen LogP contribution in [0.2, 0.25) is 0 Å². The molecule has 1 radical (unpaired) electrons. The molecule has 0 saturated heterocycles. The van der Waals surface area contributed by atoms with E-state index in [4.69, 9.17) is 9.90 Å². The van der Waals surface area contributed by atoms with Gasteiger partial charge in [-0.05, 0) is 0 Å². The molecule has 0 fully saturated rings. The Balaban J connectivity index is -0.0000000400. The quantitative estimate of drug-likeness (QED) is 0.547. The van der Waals surface area contributed by atoms with Crippen LogP contribution >= 0.6 is 0 Å². The van der Waals surface area contributed by atoms with Crippen molar-refractivity contribution in [1.29, 1.82) is 0 Å². The summed E-state index contributed by atoms with van der Waals surface area (Å²) >= 11 is 0. The van der Waals surface area contributed by atoms with Crippen molar-refractivity contribution in [2.24, 2.45) is 0 Å². The van der Waals surface area contributed by atoms with E-state index in [9.17, 15) is 0 Å². The molecule has 0 aromatic rings. The molecule has 7 heavy (non-hydrogen) atoms. The minimum absolute atomic E-state index is 0. The summed E-state index contributed by atoms with van der Waals surface area (Å²) in [4.78, 5) is 8.24. The van der Waals surface area contributed by atoms with Gasteiger partial charge in [0.2, 0.25) is 0 Å². The third kappa shape index (κ3) is 3200. The molecule has 3 heteroatoms. The second kappa shape index (κ2) is 34.8. The number of rotatable bonds is 0. The first-order chi connectivity index (χ1) is 2.83. The Hall–Kier alpha value is 0.184. The molecule has 0 amide bonds. The number of hydrogen-bond acceptors (Lipinski definition) is 1. The molecule has 0 aromatic carbocycles. The zero-order chi connectivity index (χ0) is 5.41. The Labute approximate surface area is 68.5 Å². The van der Waals surface area contributed by atoms with Gasteiger partial charge in [-0.25, -0.2) is 19.6 Å². The van der Waals surface area contributed by atoms with Crippen LogP contribution in [-0.4, -0.2) is 11.6 Å². The van der Waals surface area contributed by atoms with Gasteiger partial charge in [0.25, 0.3) is 0 Å². The maximum atomic E-state index is 8.24. The van der Waals surface area contributed by atoms with E-state index in [2.05, 4.69) is 13.5 Å². The van der Waals surface area contributed by atoms with Gasteiger partial charge < -0.3 is 9.90 Å². The van der Waals surface area contributed by atoms with Crippen LogP contribution < -0.4 is 0 Å². The van der Waals surface area contributed by atoms with Crippen molar-refractivity contribution in [1.82, 2.24) is 0 Å². The fourth-order valence-electron chi connectivity index (χ4n) is 0. The molecule has 0 atom stereocenters. The van der Waals surface area contributed by atoms with Gasteiger partial charge in [0, 0.05) is 32.7 Å². The van der Waals surface area contributed by atoms with Crippen LogP contribution in [0.25, 0.3) is 0 Å². The third-order valence-electron chi connectivity index (χ3n) is 0. The van der Waals surface area contributed by atoms with Crippen molar-refractivity contribution in [3.63, 3.8) is 0 Å². The first-order valence-electron chi connectivity index (χ1n) is 1.24. The Kier molecular flexibility index (Phi) is 78.1. The molecule has 39 valence electrons. The van der Waals surface area contributed by atoms with E-state index in [1.165, 1.54) is 6.08 Å². The molecule has 0 heterocycles. The summed E-state index contributed by atoms with van der Waals surface area (Å²) in [5, 5.41) is 6.76. The minimum atomic E-state index is 0. The Morgan fingerprint density at radius 1 is 1.86 bits per heavy atom. The zero-order valence-electron chi connectivity index (χ0n) is 3.92. The Morgan fingerprint density at radius 3 is 1.86 bits per heavy atom. The van der Waals surface area contributed by atoms with E-state index < -0.39 is 0 Å². The molecule has 1 N–H and O–H groups in total. The number of hydrogen-bond donors (Lipinski definition) is 1. The predicted octanol–water partition coefficient (Wildman–Crippen LogP) is 0.616. The molecule has 0 rings (SSSR count). The summed E-state index contributed by atoms with van der Waals surface area (Å²) in [6, 6.07) is 0. The van der Waals surface area contributed by atoms with Crippen LogP contribution in [0.3, 0.4) is 0 Å². The molecule has 0 aromatic heterocycles. The average molecular weight is 175 g/mol. The van der Waals surface area contributed by atoms with Crippen LogP contribution in [-0.2, 0) is 37.5 Å². The van der Waals surface area contributed by atoms with Crippen LogP contribution in [0.4, 0.5) is 0 Å².